The van der Waals surface area contributed by atoms with Crippen LogP contribution in [0, 0.1) is 18.6 Å². The fourth-order valence-electron chi connectivity index (χ4n) is 5.53. The number of halogens is 2. The average molecular weight is 535 g/mol. The molecule has 204 valence electrons. The molecule has 0 amide bonds. The van der Waals surface area contributed by atoms with E-state index < -0.39 is 17.4 Å². The number of piperazine rings is 1. The highest BCUT2D eigenvalue weighted by Gasteiger charge is 2.52. The van der Waals surface area contributed by atoms with Gasteiger partial charge in [-0.05, 0) is 51.6 Å². The van der Waals surface area contributed by atoms with Crippen molar-refractivity contribution >= 4 is 22.8 Å². The normalized spacial score (nSPS) is 20.2. The number of pyridine rings is 1. The van der Waals surface area contributed by atoms with Gasteiger partial charge < -0.3 is 19.5 Å². The highest BCUT2D eigenvalue weighted by Crippen LogP contribution is 2.42. The minimum Gasteiger partial charge on any atom is -0.349 e. The minimum absolute atomic E-state index is 0.00404. The topological polar surface area (TPSA) is 87.5 Å². The van der Waals surface area contributed by atoms with E-state index in [0.29, 0.717) is 29.3 Å². The lowest BCUT2D eigenvalue weighted by molar-refractivity contribution is 0.0275. The third-order valence-corrected chi connectivity index (χ3v) is 7.66. The second kappa shape index (κ2) is 9.89. The molecule has 2 aliphatic rings. The van der Waals surface area contributed by atoms with Crippen LogP contribution in [-0.4, -0.2) is 73.6 Å². The summed E-state index contributed by atoms with van der Waals surface area (Å²) in [6, 6.07) is 6.86. The number of aromatic nitrogens is 5. The van der Waals surface area contributed by atoms with E-state index in [1.54, 1.807) is 12.3 Å². The van der Waals surface area contributed by atoms with Gasteiger partial charge in [-0.25, -0.2) is 28.7 Å². The Labute approximate surface area is 225 Å². The number of nitrogens with one attached hydrogen (secondary N) is 1. The fraction of sp³-hybridized carbons (Fsp3) is 0.429. The summed E-state index contributed by atoms with van der Waals surface area (Å²) < 4.78 is 37.7. The SMILES string of the molecule is CCN1CCN([C@]2(c3ccc(Nc4ncc(F)c(-c5cc(F)c6nc(C)n(C(C)C)c6c5)n4)nc3)CO2)CC1. The van der Waals surface area contributed by atoms with E-state index >= 15 is 0 Å². The van der Waals surface area contributed by atoms with Crippen LogP contribution in [0.25, 0.3) is 22.3 Å². The predicted octanol–water partition coefficient (Wildman–Crippen LogP) is 4.62. The first-order valence-corrected chi connectivity index (χ1v) is 13.3. The van der Waals surface area contributed by atoms with Crippen molar-refractivity contribution in [2.45, 2.75) is 39.5 Å². The molecule has 2 fully saturated rings. The van der Waals surface area contributed by atoms with Crippen LogP contribution in [0.5, 0.6) is 0 Å². The van der Waals surface area contributed by atoms with Crippen LogP contribution in [0.4, 0.5) is 20.5 Å². The maximum absolute atomic E-state index is 15.0. The first-order chi connectivity index (χ1) is 18.8. The van der Waals surface area contributed by atoms with Crippen LogP contribution in [0.2, 0.25) is 0 Å². The zero-order valence-electron chi connectivity index (χ0n) is 22.6. The van der Waals surface area contributed by atoms with Gasteiger partial charge in [-0.15, -0.1) is 0 Å². The second-order valence-electron chi connectivity index (χ2n) is 10.4. The third kappa shape index (κ3) is 4.64. The van der Waals surface area contributed by atoms with E-state index in [1.165, 1.54) is 6.07 Å². The molecule has 2 aliphatic heterocycles. The summed E-state index contributed by atoms with van der Waals surface area (Å²) in [6.07, 6.45) is 2.87. The lowest BCUT2D eigenvalue weighted by atomic mass is 10.1. The van der Waals surface area contributed by atoms with E-state index in [0.717, 1.165) is 44.5 Å². The van der Waals surface area contributed by atoms with Gasteiger partial charge in [0.15, 0.2) is 17.4 Å². The van der Waals surface area contributed by atoms with Crippen molar-refractivity contribution in [2.24, 2.45) is 0 Å². The molecule has 1 atom stereocenters. The number of hydrogen-bond acceptors (Lipinski definition) is 8. The summed E-state index contributed by atoms with van der Waals surface area (Å²) >= 11 is 0. The average Bonchev–Trinajstić information content (AvgIpc) is 3.66. The quantitative estimate of drug-likeness (QED) is 0.344. The molecule has 11 heteroatoms. The van der Waals surface area contributed by atoms with Crippen molar-refractivity contribution in [1.29, 1.82) is 0 Å². The molecule has 9 nitrogen and oxygen atoms in total. The van der Waals surface area contributed by atoms with Crippen LogP contribution >= 0.6 is 0 Å². The molecular weight excluding hydrogens is 502 g/mol. The number of likely N-dealkylation sites (N-methyl/N-ethyl adjacent to an activating group) is 1. The van der Waals surface area contributed by atoms with Crippen molar-refractivity contribution < 1.29 is 13.5 Å². The highest BCUT2D eigenvalue weighted by molar-refractivity contribution is 5.83. The molecule has 6 rings (SSSR count). The number of imidazole rings is 1. The van der Waals surface area contributed by atoms with Gasteiger partial charge in [0.1, 0.15) is 22.9 Å². The van der Waals surface area contributed by atoms with Gasteiger partial charge in [0.05, 0.1) is 18.3 Å². The molecule has 0 unspecified atom stereocenters. The predicted molar refractivity (Wildman–Crippen MR) is 145 cm³/mol. The molecule has 1 N–H and O–H groups in total. The number of fused-ring (bicyclic) bond motifs is 1. The Morgan fingerprint density at radius 2 is 1.79 bits per heavy atom. The number of rotatable bonds is 7. The van der Waals surface area contributed by atoms with Gasteiger partial charge in [-0.1, -0.05) is 6.92 Å². The molecule has 0 spiro atoms. The number of epoxide rings is 1. The molecule has 4 aromatic rings. The largest absolute Gasteiger partial charge is 0.349 e. The Morgan fingerprint density at radius 1 is 1.03 bits per heavy atom. The molecule has 0 radical (unpaired) electrons. The second-order valence-corrected chi connectivity index (χ2v) is 10.4. The van der Waals surface area contributed by atoms with E-state index in [1.807, 2.05) is 37.5 Å². The molecule has 0 saturated carbocycles. The molecule has 0 bridgehead atoms. The lowest BCUT2D eigenvalue weighted by Gasteiger charge is -2.37. The van der Waals surface area contributed by atoms with Crippen LogP contribution in [0.15, 0.2) is 36.7 Å². The van der Waals surface area contributed by atoms with Crippen molar-refractivity contribution in [3.63, 3.8) is 0 Å². The molecule has 3 aromatic heterocycles. The third-order valence-electron chi connectivity index (χ3n) is 7.66. The zero-order chi connectivity index (χ0) is 27.3. The maximum Gasteiger partial charge on any atom is 0.229 e. The Kier molecular flexibility index (Phi) is 6.52. The Bertz CT molecular complexity index is 1510. The van der Waals surface area contributed by atoms with Crippen molar-refractivity contribution in [1.82, 2.24) is 34.3 Å². The molecule has 2 saturated heterocycles. The number of aryl methyl sites for hydroxylation is 1. The smallest absolute Gasteiger partial charge is 0.229 e. The standard InChI is InChI=1S/C28H32F2N8O/c1-5-36-8-10-37(11-9-36)28(16-39-28)20-6-7-24(31-14-20)34-27-32-15-22(30)25(35-27)19-12-21(29)26-23(13-19)38(17(2)3)18(4)33-26/h6-7,12-15,17H,5,8-11,16H2,1-4H3,(H,31,32,34,35)/t28-/m1/s1. The number of nitrogens with zero attached hydrogens (tertiary/aromatic N) is 7. The van der Waals surface area contributed by atoms with Gasteiger partial charge in [0.2, 0.25) is 5.95 Å². The summed E-state index contributed by atoms with van der Waals surface area (Å²) in [5, 5.41) is 3.05. The number of benzene rings is 1. The number of anilines is 2. The number of ether oxygens (including phenoxy) is 1. The van der Waals surface area contributed by atoms with E-state index in [9.17, 15) is 8.78 Å². The van der Waals surface area contributed by atoms with Gasteiger partial charge in [0.25, 0.3) is 0 Å². The maximum atomic E-state index is 15.0. The van der Waals surface area contributed by atoms with Crippen molar-refractivity contribution in [2.75, 3.05) is 44.6 Å². The zero-order valence-corrected chi connectivity index (χ0v) is 22.6. The van der Waals surface area contributed by atoms with Crippen LogP contribution in [-0.2, 0) is 10.5 Å². The Balaban J connectivity index is 1.24. The molecule has 5 heterocycles. The van der Waals surface area contributed by atoms with Gasteiger partial charge in [0, 0.05) is 49.5 Å². The fourth-order valence-corrected chi connectivity index (χ4v) is 5.53. The summed E-state index contributed by atoms with van der Waals surface area (Å²) in [6.45, 7) is 13.6. The van der Waals surface area contributed by atoms with Crippen LogP contribution in [0.3, 0.4) is 0 Å². The Morgan fingerprint density at radius 3 is 2.44 bits per heavy atom. The summed E-state index contributed by atoms with van der Waals surface area (Å²) in [5.74, 6) is 0.192. The van der Waals surface area contributed by atoms with Crippen molar-refractivity contribution in [3.05, 3.63) is 59.7 Å². The molecule has 39 heavy (non-hydrogen) atoms. The van der Waals surface area contributed by atoms with Gasteiger partial charge in [-0.2, -0.15) is 0 Å². The summed E-state index contributed by atoms with van der Waals surface area (Å²) in [5.41, 5.74) is 1.75. The molecule has 0 aliphatic carbocycles. The Hall–Kier alpha value is -3.54. The monoisotopic (exact) mass is 534 g/mol. The van der Waals surface area contributed by atoms with E-state index in [-0.39, 0.29) is 23.2 Å². The first kappa shape index (κ1) is 25.7. The van der Waals surface area contributed by atoms with E-state index in [4.69, 9.17) is 4.74 Å². The lowest BCUT2D eigenvalue weighted by Crippen LogP contribution is -2.50. The molecule has 1 aromatic carbocycles. The summed E-state index contributed by atoms with van der Waals surface area (Å²) in [7, 11) is 0. The van der Waals surface area contributed by atoms with Crippen LogP contribution in [0.1, 0.15) is 38.2 Å². The number of hydrogen-bond donors (Lipinski definition) is 1. The minimum atomic E-state index is -0.647. The van der Waals surface area contributed by atoms with E-state index in [2.05, 4.69) is 42.0 Å². The van der Waals surface area contributed by atoms with Gasteiger partial charge >= 0.3 is 0 Å². The molecular formula is C28H32F2N8O. The summed E-state index contributed by atoms with van der Waals surface area (Å²) in [4.78, 5) is 22.2. The van der Waals surface area contributed by atoms with Crippen LogP contribution < -0.4 is 5.32 Å². The highest BCUT2D eigenvalue weighted by atomic mass is 19.1. The first-order valence-electron chi connectivity index (χ1n) is 13.3. The van der Waals surface area contributed by atoms with Crippen molar-refractivity contribution in [3.8, 4) is 11.3 Å². The van der Waals surface area contributed by atoms with Gasteiger partial charge in [-0.3, -0.25) is 4.90 Å².